The van der Waals surface area contributed by atoms with Gasteiger partial charge in [0.15, 0.2) is 5.17 Å². The summed E-state index contributed by atoms with van der Waals surface area (Å²) >= 11 is 6.98. The van der Waals surface area contributed by atoms with E-state index in [-0.39, 0.29) is 16.6 Å². The number of nitrogens with one attached hydrogen (secondary N) is 1. The van der Waals surface area contributed by atoms with Crippen LogP contribution in [0.2, 0.25) is 5.02 Å². The van der Waals surface area contributed by atoms with E-state index in [1.54, 1.807) is 11.8 Å². The second kappa shape index (κ2) is 9.04. The van der Waals surface area contributed by atoms with E-state index < -0.39 is 23.0 Å². The van der Waals surface area contributed by atoms with Gasteiger partial charge in [0.2, 0.25) is 5.91 Å². The first-order chi connectivity index (χ1) is 16.4. The van der Waals surface area contributed by atoms with Crippen molar-refractivity contribution in [2.75, 3.05) is 5.32 Å². The Bertz CT molecular complexity index is 1360. The molecule has 1 N–H and O–H groups in total. The van der Waals surface area contributed by atoms with E-state index in [4.69, 9.17) is 16.6 Å². The van der Waals surface area contributed by atoms with Crippen LogP contribution < -0.4 is 5.32 Å². The van der Waals surface area contributed by atoms with E-state index in [1.807, 2.05) is 54.6 Å². The summed E-state index contributed by atoms with van der Waals surface area (Å²) in [6.45, 7) is 1.70. The first-order valence-electron chi connectivity index (χ1n) is 10.5. The van der Waals surface area contributed by atoms with Crippen molar-refractivity contribution in [3.05, 3.63) is 94.8 Å². The maximum Gasteiger partial charge on any atom is 0.275 e. The molecule has 5 rings (SSSR count). The van der Waals surface area contributed by atoms with Gasteiger partial charge in [-0.3, -0.25) is 14.5 Å². The Hall–Kier alpha value is -3.49. The van der Waals surface area contributed by atoms with Crippen molar-refractivity contribution in [2.24, 2.45) is 9.98 Å². The molecule has 0 fully saturated rings. The largest absolute Gasteiger partial charge is 0.323 e. The summed E-state index contributed by atoms with van der Waals surface area (Å²) in [4.78, 5) is 36.8. The third-order valence-electron chi connectivity index (χ3n) is 5.46. The number of thioether (sulfide) groups is 1. The summed E-state index contributed by atoms with van der Waals surface area (Å²) in [5.41, 5.74) is 2.23. The van der Waals surface area contributed by atoms with E-state index in [9.17, 15) is 14.0 Å². The van der Waals surface area contributed by atoms with E-state index in [2.05, 4.69) is 10.3 Å². The lowest BCUT2D eigenvalue weighted by atomic mass is 10.0. The first kappa shape index (κ1) is 22.3. The van der Waals surface area contributed by atoms with E-state index in [0.29, 0.717) is 16.7 Å². The quantitative estimate of drug-likeness (QED) is 0.516. The zero-order chi connectivity index (χ0) is 23.8. The summed E-state index contributed by atoms with van der Waals surface area (Å²) in [6.07, 6.45) is 0. The number of anilines is 1. The van der Waals surface area contributed by atoms with Crippen molar-refractivity contribution in [3.8, 4) is 0 Å². The number of rotatable bonds is 4. The number of hydrogen-bond donors (Lipinski definition) is 1. The topological polar surface area (TPSA) is 74.1 Å². The van der Waals surface area contributed by atoms with Crippen molar-refractivity contribution >= 4 is 57.6 Å². The van der Waals surface area contributed by atoms with Gasteiger partial charge in [-0.25, -0.2) is 9.38 Å². The van der Waals surface area contributed by atoms with Gasteiger partial charge in [0.25, 0.3) is 5.91 Å². The molecule has 6 nitrogen and oxygen atoms in total. The number of halogens is 2. The number of benzene rings is 3. The number of hydrogen-bond acceptors (Lipinski definition) is 5. The van der Waals surface area contributed by atoms with Crippen LogP contribution in [0.5, 0.6) is 0 Å². The fourth-order valence-corrected chi connectivity index (χ4v) is 4.90. The molecule has 0 saturated carbocycles. The number of carbonyl (C=O) groups is 2. The van der Waals surface area contributed by atoms with Crippen LogP contribution in [0.4, 0.5) is 15.8 Å². The summed E-state index contributed by atoms with van der Waals surface area (Å²) in [7, 11) is 0. The molecular formula is C25H18ClFN4O2S. The maximum atomic E-state index is 14.2. The number of carbonyl (C=O) groups excluding carboxylic acids is 2. The Balaban J connectivity index is 1.46. The Morgan fingerprint density at radius 1 is 1.09 bits per heavy atom. The predicted molar refractivity (Wildman–Crippen MR) is 133 cm³/mol. The third kappa shape index (κ3) is 4.10. The molecule has 3 aromatic carbocycles. The van der Waals surface area contributed by atoms with Gasteiger partial charge in [-0.1, -0.05) is 65.8 Å². The minimum absolute atomic E-state index is 0.0403. The molecule has 2 unspecified atom stereocenters. The number of para-hydroxylation sites is 1. The minimum atomic E-state index is -0.681. The molecule has 3 aromatic rings. The van der Waals surface area contributed by atoms with E-state index in [0.717, 1.165) is 17.2 Å². The lowest BCUT2D eigenvalue weighted by Crippen LogP contribution is -2.40. The monoisotopic (exact) mass is 492 g/mol. The van der Waals surface area contributed by atoms with Crippen LogP contribution in [0.15, 0.2) is 82.8 Å². The average Bonchev–Trinajstić information content (AvgIpc) is 3.19. The summed E-state index contributed by atoms with van der Waals surface area (Å²) in [6, 6.07) is 20.1. The van der Waals surface area contributed by atoms with Gasteiger partial charge < -0.3 is 5.32 Å². The molecule has 0 bridgehead atoms. The molecular weight excluding hydrogens is 475 g/mol. The molecule has 2 aliphatic heterocycles. The number of fused-ring (bicyclic) bond motifs is 3. The van der Waals surface area contributed by atoms with Gasteiger partial charge in [-0.15, -0.1) is 0 Å². The van der Waals surface area contributed by atoms with Crippen molar-refractivity contribution in [3.63, 3.8) is 0 Å². The second-order valence-electron chi connectivity index (χ2n) is 7.74. The molecule has 0 aliphatic carbocycles. The van der Waals surface area contributed by atoms with Gasteiger partial charge in [-0.2, -0.15) is 4.99 Å². The standard InChI is InChI=1S/C25H18ClFN4O2S/c1-14(23(32)28-20-12-11-16(26)13-18(20)27)34-25-29-19-10-6-5-9-17(19)22-30-24(33)21(31(22)25)15-7-3-2-4-8-15/h2-14,21H,1H3,(H,28,32). The molecule has 34 heavy (non-hydrogen) atoms. The summed E-state index contributed by atoms with van der Waals surface area (Å²) in [5, 5.41) is 2.66. The highest BCUT2D eigenvalue weighted by molar-refractivity contribution is 8.14. The molecule has 0 saturated heterocycles. The number of amidine groups is 2. The van der Waals surface area contributed by atoms with Crippen LogP contribution in [-0.4, -0.2) is 33.0 Å². The van der Waals surface area contributed by atoms with Gasteiger partial charge in [0.1, 0.15) is 17.7 Å². The molecule has 170 valence electrons. The smallest absolute Gasteiger partial charge is 0.275 e. The van der Waals surface area contributed by atoms with Crippen LogP contribution in [0, 0.1) is 5.82 Å². The Morgan fingerprint density at radius 3 is 2.59 bits per heavy atom. The molecule has 2 aliphatic rings. The van der Waals surface area contributed by atoms with Crippen molar-refractivity contribution in [2.45, 2.75) is 18.2 Å². The number of nitrogens with zero attached hydrogens (tertiary/aromatic N) is 3. The predicted octanol–water partition coefficient (Wildman–Crippen LogP) is 5.57. The summed E-state index contributed by atoms with van der Waals surface area (Å²) < 4.78 is 14.2. The zero-order valence-corrected chi connectivity index (χ0v) is 19.5. The lowest BCUT2D eigenvalue weighted by Gasteiger charge is -2.32. The first-order valence-corrected chi connectivity index (χ1v) is 11.8. The Kier molecular flexibility index (Phi) is 5.93. The molecule has 2 atom stereocenters. The molecule has 0 aromatic heterocycles. The van der Waals surface area contributed by atoms with Crippen LogP contribution in [0.3, 0.4) is 0 Å². The number of amides is 2. The lowest BCUT2D eigenvalue weighted by molar-refractivity contribution is -0.119. The molecule has 2 amide bonds. The highest BCUT2D eigenvalue weighted by Gasteiger charge is 2.43. The van der Waals surface area contributed by atoms with Gasteiger partial charge in [0, 0.05) is 10.6 Å². The van der Waals surface area contributed by atoms with Gasteiger partial charge in [-0.05, 0) is 42.8 Å². The zero-order valence-electron chi connectivity index (χ0n) is 17.9. The maximum absolute atomic E-state index is 14.2. The van der Waals surface area contributed by atoms with E-state index >= 15 is 0 Å². The van der Waals surface area contributed by atoms with Crippen LogP contribution in [0.1, 0.15) is 24.1 Å². The fraction of sp³-hybridized carbons (Fsp3) is 0.120. The minimum Gasteiger partial charge on any atom is -0.323 e. The van der Waals surface area contributed by atoms with Crippen LogP contribution >= 0.6 is 23.4 Å². The SMILES string of the molecule is CC(SC1=Nc2ccccc2C2=NC(=O)C(c3ccccc3)N12)C(=O)Nc1ccc(Cl)cc1F. The molecule has 0 radical (unpaired) electrons. The van der Waals surface area contributed by atoms with Crippen LogP contribution in [-0.2, 0) is 9.59 Å². The Labute approximate surface area is 204 Å². The highest BCUT2D eigenvalue weighted by atomic mass is 35.5. The van der Waals surface area contributed by atoms with Crippen molar-refractivity contribution in [1.82, 2.24) is 4.90 Å². The van der Waals surface area contributed by atoms with Crippen molar-refractivity contribution < 1.29 is 14.0 Å². The molecule has 9 heteroatoms. The molecule has 0 spiro atoms. The highest BCUT2D eigenvalue weighted by Crippen LogP contribution is 2.40. The fourth-order valence-electron chi connectivity index (χ4n) is 3.81. The van der Waals surface area contributed by atoms with Crippen LogP contribution in [0.25, 0.3) is 0 Å². The number of aliphatic imine (C=N–C) groups is 2. The normalized spacial score (nSPS) is 17.4. The average molecular weight is 493 g/mol. The Morgan fingerprint density at radius 2 is 1.82 bits per heavy atom. The third-order valence-corrected chi connectivity index (χ3v) is 6.76. The molecule has 2 heterocycles. The van der Waals surface area contributed by atoms with E-state index in [1.165, 1.54) is 23.9 Å². The van der Waals surface area contributed by atoms with Gasteiger partial charge in [0.05, 0.1) is 16.6 Å². The summed E-state index contributed by atoms with van der Waals surface area (Å²) in [5.74, 6) is -0.825. The van der Waals surface area contributed by atoms with Crippen molar-refractivity contribution in [1.29, 1.82) is 0 Å². The second-order valence-corrected chi connectivity index (χ2v) is 9.49. The van der Waals surface area contributed by atoms with Gasteiger partial charge >= 0.3 is 0 Å².